The van der Waals surface area contributed by atoms with Crippen LogP contribution in [0.4, 0.5) is 0 Å². The largest absolute Gasteiger partial charge is 0.481 e. The van der Waals surface area contributed by atoms with E-state index in [1.54, 1.807) is 25.6 Å². The van der Waals surface area contributed by atoms with Gasteiger partial charge in [0.15, 0.2) is 0 Å². The summed E-state index contributed by atoms with van der Waals surface area (Å²) in [6, 6.07) is -0.274. The first-order chi connectivity index (χ1) is 9.52. The molecule has 1 saturated carbocycles. The lowest BCUT2D eigenvalue weighted by atomic mass is 9.71. The van der Waals surface area contributed by atoms with Gasteiger partial charge in [-0.3, -0.25) is 9.59 Å². The first kappa shape index (κ1) is 14.6. The van der Waals surface area contributed by atoms with E-state index in [1.807, 2.05) is 4.57 Å². The molecule has 6 heteroatoms. The SMILES string of the molecule is CC1(C(=O)O)CCCCC1NC(=O)CCn1ccnc1. The lowest BCUT2D eigenvalue weighted by Crippen LogP contribution is -2.52. The topological polar surface area (TPSA) is 84.2 Å². The number of aryl methyl sites for hydroxylation is 1. The molecule has 20 heavy (non-hydrogen) atoms. The van der Waals surface area contributed by atoms with E-state index in [1.165, 1.54) is 0 Å². The van der Waals surface area contributed by atoms with Gasteiger partial charge in [-0.05, 0) is 19.8 Å². The van der Waals surface area contributed by atoms with Crippen molar-refractivity contribution in [3.63, 3.8) is 0 Å². The molecular formula is C14H21N3O3. The van der Waals surface area contributed by atoms with Crippen molar-refractivity contribution in [2.75, 3.05) is 0 Å². The molecule has 110 valence electrons. The van der Waals surface area contributed by atoms with Crippen LogP contribution in [0.2, 0.25) is 0 Å². The standard InChI is InChI=1S/C14H21N3O3/c1-14(13(19)20)6-3-2-4-11(14)16-12(18)5-8-17-9-7-15-10-17/h7,9-11H,2-6,8H2,1H3,(H,16,18)(H,19,20). The summed E-state index contributed by atoms with van der Waals surface area (Å²) in [5.74, 6) is -0.921. The van der Waals surface area contributed by atoms with Gasteiger partial charge in [0.2, 0.25) is 5.91 Å². The molecule has 1 amide bonds. The maximum absolute atomic E-state index is 12.0. The van der Waals surface area contributed by atoms with Crippen LogP contribution in [-0.2, 0) is 16.1 Å². The van der Waals surface area contributed by atoms with Gasteiger partial charge in [0.25, 0.3) is 0 Å². The Morgan fingerprint density at radius 3 is 2.95 bits per heavy atom. The highest BCUT2D eigenvalue weighted by molar-refractivity contribution is 5.79. The average molecular weight is 279 g/mol. The van der Waals surface area contributed by atoms with Gasteiger partial charge in [-0.1, -0.05) is 12.8 Å². The number of hydrogen-bond acceptors (Lipinski definition) is 3. The number of imidazole rings is 1. The zero-order chi connectivity index (χ0) is 14.6. The molecule has 0 radical (unpaired) electrons. The van der Waals surface area contributed by atoms with E-state index in [0.717, 1.165) is 19.3 Å². The third-order valence-electron chi connectivity index (χ3n) is 4.19. The van der Waals surface area contributed by atoms with Gasteiger partial charge in [0.1, 0.15) is 0 Å². The number of carboxylic acids is 1. The monoisotopic (exact) mass is 279 g/mol. The molecule has 1 fully saturated rings. The second-order valence-corrected chi connectivity index (χ2v) is 5.64. The molecule has 0 aromatic carbocycles. The number of carboxylic acid groups (broad SMARTS) is 1. The Labute approximate surface area is 118 Å². The van der Waals surface area contributed by atoms with E-state index >= 15 is 0 Å². The summed E-state index contributed by atoms with van der Waals surface area (Å²) in [5.41, 5.74) is -0.844. The number of carbonyl (C=O) groups excluding carboxylic acids is 1. The minimum absolute atomic E-state index is 0.0990. The Kier molecular flexibility index (Phi) is 4.42. The molecule has 2 rings (SSSR count). The Morgan fingerprint density at radius 2 is 2.30 bits per heavy atom. The number of rotatable bonds is 5. The molecule has 1 aromatic heterocycles. The highest BCUT2D eigenvalue weighted by atomic mass is 16.4. The van der Waals surface area contributed by atoms with Crippen molar-refractivity contribution in [1.82, 2.24) is 14.9 Å². The summed E-state index contributed by atoms with van der Waals surface area (Å²) in [6.45, 7) is 2.29. The summed E-state index contributed by atoms with van der Waals surface area (Å²) in [7, 11) is 0. The lowest BCUT2D eigenvalue weighted by Gasteiger charge is -2.38. The molecular weight excluding hydrogens is 258 g/mol. The van der Waals surface area contributed by atoms with Gasteiger partial charge in [0.05, 0.1) is 11.7 Å². The van der Waals surface area contributed by atoms with Crippen molar-refractivity contribution >= 4 is 11.9 Å². The summed E-state index contributed by atoms with van der Waals surface area (Å²) < 4.78 is 1.83. The van der Waals surface area contributed by atoms with E-state index < -0.39 is 11.4 Å². The molecule has 2 unspecified atom stereocenters. The van der Waals surface area contributed by atoms with Gasteiger partial charge in [-0.2, -0.15) is 0 Å². The Bertz CT molecular complexity index is 472. The Balaban J connectivity index is 1.90. The molecule has 2 atom stereocenters. The first-order valence-electron chi connectivity index (χ1n) is 7.01. The van der Waals surface area contributed by atoms with Crippen LogP contribution in [0.1, 0.15) is 39.0 Å². The highest BCUT2D eigenvalue weighted by Gasteiger charge is 2.43. The number of nitrogens with zero attached hydrogens (tertiary/aromatic N) is 2. The van der Waals surface area contributed by atoms with E-state index in [2.05, 4.69) is 10.3 Å². The number of amides is 1. The smallest absolute Gasteiger partial charge is 0.311 e. The molecule has 0 bridgehead atoms. The van der Waals surface area contributed by atoms with Gasteiger partial charge in [-0.25, -0.2) is 4.98 Å². The fourth-order valence-electron chi connectivity index (χ4n) is 2.74. The van der Waals surface area contributed by atoms with Crippen LogP contribution in [-0.4, -0.2) is 32.6 Å². The number of nitrogens with one attached hydrogen (secondary N) is 1. The molecule has 0 spiro atoms. The van der Waals surface area contributed by atoms with Crippen LogP contribution in [0.15, 0.2) is 18.7 Å². The molecule has 0 saturated heterocycles. The second-order valence-electron chi connectivity index (χ2n) is 5.64. The zero-order valence-corrected chi connectivity index (χ0v) is 11.7. The van der Waals surface area contributed by atoms with E-state index in [0.29, 0.717) is 19.4 Å². The molecule has 1 aliphatic carbocycles. The number of carbonyl (C=O) groups is 2. The number of aromatic nitrogens is 2. The van der Waals surface area contributed by atoms with Crippen LogP contribution in [0.5, 0.6) is 0 Å². The van der Waals surface area contributed by atoms with Gasteiger partial charge >= 0.3 is 5.97 Å². The number of aliphatic carboxylic acids is 1. The van der Waals surface area contributed by atoms with Crippen molar-refractivity contribution in [2.24, 2.45) is 5.41 Å². The first-order valence-corrected chi connectivity index (χ1v) is 7.01. The van der Waals surface area contributed by atoms with E-state index in [4.69, 9.17) is 0 Å². The predicted octanol–water partition coefficient (Wildman–Crippen LogP) is 1.42. The lowest BCUT2D eigenvalue weighted by molar-refractivity contribution is -0.152. The summed E-state index contributed by atoms with van der Waals surface area (Å²) >= 11 is 0. The van der Waals surface area contributed by atoms with Crippen molar-refractivity contribution in [3.05, 3.63) is 18.7 Å². The Morgan fingerprint density at radius 1 is 1.50 bits per heavy atom. The molecule has 1 aliphatic rings. The van der Waals surface area contributed by atoms with Crippen LogP contribution >= 0.6 is 0 Å². The fourth-order valence-corrected chi connectivity index (χ4v) is 2.74. The van der Waals surface area contributed by atoms with Crippen molar-refractivity contribution in [1.29, 1.82) is 0 Å². The average Bonchev–Trinajstić information content (AvgIpc) is 2.92. The maximum atomic E-state index is 12.0. The highest BCUT2D eigenvalue weighted by Crippen LogP contribution is 2.36. The van der Waals surface area contributed by atoms with Gasteiger partial charge < -0.3 is 15.0 Å². The molecule has 2 N–H and O–H groups in total. The number of hydrogen-bond donors (Lipinski definition) is 2. The van der Waals surface area contributed by atoms with Gasteiger partial charge in [-0.15, -0.1) is 0 Å². The van der Waals surface area contributed by atoms with Crippen molar-refractivity contribution < 1.29 is 14.7 Å². The zero-order valence-electron chi connectivity index (χ0n) is 11.7. The minimum Gasteiger partial charge on any atom is -0.481 e. The molecule has 0 aliphatic heterocycles. The summed E-state index contributed by atoms with van der Waals surface area (Å²) in [5, 5.41) is 12.3. The van der Waals surface area contributed by atoms with Crippen molar-refractivity contribution in [2.45, 2.75) is 51.6 Å². The van der Waals surface area contributed by atoms with E-state index in [-0.39, 0.29) is 11.9 Å². The van der Waals surface area contributed by atoms with Crippen LogP contribution in [0.25, 0.3) is 0 Å². The second kappa shape index (κ2) is 6.07. The van der Waals surface area contributed by atoms with Gasteiger partial charge in [0, 0.05) is 31.4 Å². The van der Waals surface area contributed by atoms with Crippen molar-refractivity contribution in [3.8, 4) is 0 Å². The third kappa shape index (κ3) is 3.18. The molecule has 1 aromatic rings. The van der Waals surface area contributed by atoms with Crippen LogP contribution < -0.4 is 5.32 Å². The quantitative estimate of drug-likeness (QED) is 0.853. The third-order valence-corrected chi connectivity index (χ3v) is 4.19. The summed E-state index contributed by atoms with van der Waals surface area (Å²) in [6.07, 6.45) is 8.70. The van der Waals surface area contributed by atoms with Crippen LogP contribution in [0.3, 0.4) is 0 Å². The predicted molar refractivity (Wildman–Crippen MR) is 73.0 cm³/mol. The minimum atomic E-state index is -0.844. The maximum Gasteiger partial charge on any atom is 0.311 e. The van der Waals surface area contributed by atoms with Crippen LogP contribution in [0, 0.1) is 5.41 Å². The fraction of sp³-hybridized carbons (Fsp3) is 0.643. The normalized spacial score (nSPS) is 26.1. The summed E-state index contributed by atoms with van der Waals surface area (Å²) in [4.78, 5) is 27.3. The molecule has 6 nitrogen and oxygen atoms in total. The molecule has 1 heterocycles. The van der Waals surface area contributed by atoms with E-state index in [9.17, 15) is 14.7 Å². The Hall–Kier alpha value is -1.85.